The minimum absolute atomic E-state index is 0.0375. The lowest BCUT2D eigenvalue weighted by atomic mass is 10.1. The predicted octanol–water partition coefficient (Wildman–Crippen LogP) is 5.28. The van der Waals surface area contributed by atoms with Crippen molar-refractivity contribution in [2.75, 3.05) is 12.4 Å². The number of allylic oxidation sites excluding steroid dienone is 4. The average Bonchev–Trinajstić information content (AvgIpc) is 2.78. The Bertz CT molecular complexity index is 1200. The molecule has 0 fully saturated rings. The summed E-state index contributed by atoms with van der Waals surface area (Å²) in [5.74, 6) is 1.06. The van der Waals surface area contributed by atoms with E-state index in [4.69, 9.17) is 16.3 Å². The van der Waals surface area contributed by atoms with Crippen LogP contribution in [0.2, 0.25) is 5.02 Å². The fourth-order valence-electron chi connectivity index (χ4n) is 3.11. The topological polar surface area (TPSA) is 69.0 Å². The van der Waals surface area contributed by atoms with E-state index in [0.29, 0.717) is 28.9 Å². The molecule has 2 heterocycles. The highest BCUT2D eigenvalue weighted by Crippen LogP contribution is 2.20. The summed E-state index contributed by atoms with van der Waals surface area (Å²) >= 11 is 5.98. The second-order valence-corrected chi connectivity index (χ2v) is 7.40. The maximum absolute atomic E-state index is 12.7. The number of pyridine rings is 1. The summed E-state index contributed by atoms with van der Waals surface area (Å²) in [6, 6.07) is 10.8. The summed E-state index contributed by atoms with van der Waals surface area (Å²) in [6.45, 7) is 8.01. The lowest BCUT2D eigenvalue weighted by Gasteiger charge is -2.16. The summed E-state index contributed by atoms with van der Waals surface area (Å²) < 4.78 is 6.89. The van der Waals surface area contributed by atoms with Gasteiger partial charge in [0.1, 0.15) is 11.4 Å². The number of hydrogen-bond acceptors (Lipinski definition) is 5. The molecule has 0 aliphatic rings. The third-order valence-electron chi connectivity index (χ3n) is 4.91. The van der Waals surface area contributed by atoms with Gasteiger partial charge in [0.2, 0.25) is 5.95 Å². The molecule has 3 aromatic rings. The zero-order chi connectivity index (χ0) is 22.4. The second kappa shape index (κ2) is 10.1. The van der Waals surface area contributed by atoms with Crippen molar-refractivity contribution >= 4 is 28.6 Å². The van der Waals surface area contributed by atoms with Crippen LogP contribution in [0, 0.1) is 0 Å². The van der Waals surface area contributed by atoms with Crippen LogP contribution in [0.5, 0.6) is 0 Å². The molecule has 0 aliphatic carbocycles. The first-order chi connectivity index (χ1) is 14.9. The first-order valence-electron chi connectivity index (χ1n) is 9.87. The van der Waals surface area contributed by atoms with E-state index < -0.39 is 0 Å². The molecule has 6 nitrogen and oxygen atoms in total. The van der Waals surface area contributed by atoms with Crippen molar-refractivity contribution < 1.29 is 4.74 Å². The normalized spacial score (nSPS) is 13.2. The second-order valence-electron chi connectivity index (χ2n) is 6.97. The van der Waals surface area contributed by atoms with Crippen LogP contribution in [0.4, 0.5) is 5.95 Å². The molecule has 0 amide bonds. The lowest BCUT2D eigenvalue weighted by molar-refractivity contribution is 0.306. The van der Waals surface area contributed by atoms with Crippen molar-refractivity contribution in [3.63, 3.8) is 0 Å². The zero-order valence-electron chi connectivity index (χ0n) is 17.8. The molecule has 0 bridgehead atoms. The van der Waals surface area contributed by atoms with Crippen LogP contribution in [-0.4, -0.2) is 21.6 Å². The van der Waals surface area contributed by atoms with Crippen molar-refractivity contribution in [2.24, 2.45) is 0 Å². The molecular formula is C24H25ClN4O2. The van der Waals surface area contributed by atoms with Gasteiger partial charge in [-0.05, 0) is 55.3 Å². The number of anilines is 1. The SMILES string of the molecule is C=C/C(=C\C(=C/C)Cn1c(=O)ccc2cnc(N[C@@H](C)c3ccc(Cl)cc3)nc21)OC. The summed E-state index contributed by atoms with van der Waals surface area (Å²) in [5, 5.41) is 4.76. The van der Waals surface area contributed by atoms with Gasteiger partial charge < -0.3 is 10.1 Å². The number of methoxy groups -OCH3 is 1. The van der Waals surface area contributed by atoms with Gasteiger partial charge in [0.15, 0.2) is 0 Å². The Labute approximate surface area is 186 Å². The Morgan fingerprint density at radius 1 is 1.29 bits per heavy atom. The highest BCUT2D eigenvalue weighted by molar-refractivity contribution is 6.30. The molecule has 31 heavy (non-hydrogen) atoms. The van der Waals surface area contributed by atoms with E-state index in [0.717, 1.165) is 16.5 Å². The zero-order valence-corrected chi connectivity index (χ0v) is 18.6. The number of hydrogen-bond donors (Lipinski definition) is 1. The molecule has 1 atom stereocenters. The third kappa shape index (κ3) is 5.41. The van der Waals surface area contributed by atoms with Gasteiger partial charge in [0.25, 0.3) is 5.56 Å². The minimum atomic E-state index is -0.145. The molecule has 0 spiro atoms. The Hall–Kier alpha value is -3.38. The predicted molar refractivity (Wildman–Crippen MR) is 126 cm³/mol. The van der Waals surface area contributed by atoms with Gasteiger partial charge in [0.05, 0.1) is 19.7 Å². The number of rotatable bonds is 8. The van der Waals surface area contributed by atoms with Crippen molar-refractivity contribution in [2.45, 2.75) is 26.4 Å². The molecular weight excluding hydrogens is 412 g/mol. The van der Waals surface area contributed by atoms with Gasteiger partial charge in [-0.25, -0.2) is 4.98 Å². The molecule has 0 saturated carbocycles. The van der Waals surface area contributed by atoms with Crippen LogP contribution < -0.4 is 10.9 Å². The van der Waals surface area contributed by atoms with E-state index in [-0.39, 0.29) is 11.6 Å². The minimum Gasteiger partial charge on any atom is -0.497 e. The molecule has 0 aliphatic heterocycles. The molecule has 0 saturated heterocycles. The van der Waals surface area contributed by atoms with Crippen molar-refractivity contribution in [1.82, 2.24) is 14.5 Å². The number of halogens is 1. The van der Waals surface area contributed by atoms with Gasteiger partial charge in [0, 0.05) is 22.7 Å². The monoisotopic (exact) mass is 436 g/mol. The molecule has 1 N–H and O–H groups in total. The highest BCUT2D eigenvalue weighted by atomic mass is 35.5. The number of benzene rings is 1. The quantitative estimate of drug-likeness (QED) is 0.384. The first-order valence-corrected chi connectivity index (χ1v) is 10.2. The Balaban J connectivity index is 1.96. The largest absolute Gasteiger partial charge is 0.497 e. The summed E-state index contributed by atoms with van der Waals surface area (Å²) in [4.78, 5) is 21.7. The van der Waals surface area contributed by atoms with E-state index in [2.05, 4.69) is 21.9 Å². The fraction of sp³-hybridized carbons (Fsp3) is 0.208. The highest BCUT2D eigenvalue weighted by Gasteiger charge is 2.11. The van der Waals surface area contributed by atoms with E-state index >= 15 is 0 Å². The smallest absolute Gasteiger partial charge is 0.252 e. The molecule has 7 heteroatoms. The number of ether oxygens (including phenoxy) is 1. The summed E-state index contributed by atoms with van der Waals surface area (Å²) in [5.41, 5.74) is 2.36. The number of aromatic nitrogens is 3. The lowest BCUT2D eigenvalue weighted by Crippen LogP contribution is -2.21. The number of nitrogens with zero attached hydrogens (tertiary/aromatic N) is 3. The van der Waals surface area contributed by atoms with Crippen molar-refractivity contribution in [3.05, 3.63) is 99.7 Å². The molecule has 1 aromatic carbocycles. The van der Waals surface area contributed by atoms with Crippen molar-refractivity contribution in [3.8, 4) is 0 Å². The average molecular weight is 437 g/mol. The fourth-order valence-corrected chi connectivity index (χ4v) is 3.23. The van der Waals surface area contributed by atoms with Crippen LogP contribution in [0.1, 0.15) is 25.5 Å². The van der Waals surface area contributed by atoms with Crippen LogP contribution in [-0.2, 0) is 11.3 Å². The maximum Gasteiger partial charge on any atom is 0.252 e. The Morgan fingerprint density at radius 2 is 2.03 bits per heavy atom. The van der Waals surface area contributed by atoms with E-state index in [1.54, 1.807) is 30.0 Å². The van der Waals surface area contributed by atoms with Gasteiger partial charge in [-0.15, -0.1) is 0 Å². The third-order valence-corrected chi connectivity index (χ3v) is 5.17. The maximum atomic E-state index is 12.7. The van der Waals surface area contributed by atoms with Crippen LogP contribution in [0.15, 0.2) is 83.5 Å². The van der Waals surface area contributed by atoms with Gasteiger partial charge in [-0.1, -0.05) is 36.4 Å². The van der Waals surface area contributed by atoms with Gasteiger partial charge in [-0.3, -0.25) is 9.36 Å². The Kier molecular flexibility index (Phi) is 7.26. The molecule has 3 rings (SSSR count). The van der Waals surface area contributed by atoms with E-state index in [1.165, 1.54) is 6.07 Å². The van der Waals surface area contributed by atoms with Crippen LogP contribution >= 0.6 is 11.6 Å². The molecule has 2 aromatic heterocycles. The molecule has 0 radical (unpaired) electrons. The number of nitrogens with one attached hydrogen (secondary N) is 1. The standard InChI is InChI=1S/C24H25ClN4O2/c1-5-17(13-21(6-2)31-4)15-29-22(30)12-9-19-14-26-24(28-23(19)29)27-16(3)18-7-10-20(25)11-8-18/h5-14,16H,2,15H2,1,3-4H3,(H,26,27,28)/b17-5+,21-13+/t16-/m0/s1. The number of fused-ring (bicyclic) bond motifs is 1. The van der Waals surface area contributed by atoms with Crippen molar-refractivity contribution in [1.29, 1.82) is 0 Å². The van der Waals surface area contributed by atoms with E-state index in [1.807, 2.05) is 50.3 Å². The van der Waals surface area contributed by atoms with Crippen LogP contribution in [0.3, 0.4) is 0 Å². The first kappa shape index (κ1) is 22.3. The summed E-state index contributed by atoms with van der Waals surface area (Å²) in [6.07, 6.45) is 7.11. The Morgan fingerprint density at radius 3 is 2.68 bits per heavy atom. The molecule has 160 valence electrons. The summed E-state index contributed by atoms with van der Waals surface area (Å²) in [7, 11) is 1.58. The van der Waals surface area contributed by atoms with Gasteiger partial charge in [-0.2, -0.15) is 4.98 Å². The van der Waals surface area contributed by atoms with E-state index in [9.17, 15) is 4.79 Å². The molecule has 0 unspecified atom stereocenters. The van der Waals surface area contributed by atoms with Gasteiger partial charge >= 0.3 is 0 Å². The van der Waals surface area contributed by atoms with Crippen LogP contribution in [0.25, 0.3) is 11.0 Å².